The summed E-state index contributed by atoms with van der Waals surface area (Å²) in [5.74, 6) is 0.961. The van der Waals surface area contributed by atoms with Crippen LogP contribution in [-0.4, -0.2) is 9.80 Å². The second-order valence-electron chi connectivity index (χ2n) is 3.54. The molecule has 11 heavy (non-hydrogen) atoms. The van der Waals surface area contributed by atoms with Crippen LogP contribution >= 0.6 is 12.0 Å². The van der Waals surface area contributed by atoms with E-state index in [9.17, 15) is 0 Å². The van der Waals surface area contributed by atoms with Gasteiger partial charge in [0.25, 0.3) is 0 Å². The molecule has 1 rings (SSSR count). The summed E-state index contributed by atoms with van der Waals surface area (Å²) < 4.78 is 8.82. The minimum absolute atomic E-state index is 0.545. The van der Waals surface area contributed by atoms with Crippen molar-refractivity contribution in [2.24, 2.45) is 5.92 Å². The summed E-state index contributed by atoms with van der Waals surface area (Å²) in [4.78, 5) is 0. The number of rotatable bonds is 3. The third kappa shape index (κ3) is 3.04. The lowest BCUT2D eigenvalue weighted by Gasteiger charge is -2.25. The smallest absolute Gasteiger partial charge is 0.0309 e. The summed E-state index contributed by atoms with van der Waals surface area (Å²) in [7, 11) is 0. The fourth-order valence-corrected chi connectivity index (χ4v) is 2.42. The molecule has 0 bridgehead atoms. The highest BCUT2D eigenvalue weighted by Crippen LogP contribution is 2.32. The second-order valence-corrected chi connectivity index (χ2v) is 4.41. The maximum atomic E-state index is 8.82. The topological polar surface area (TPSA) is 20.2 Å². The molecule has 0 heterocycles. The third-order valence-corrected chi connectivity index (χ3v) is 3.41. The van der Waals surface area contributed by atoms with Crippen molar-refractivity contribution < 1.29 is 4.55 Å². The molecule has 0 atom stereocenters. The molecule has 1 nitrogen and oxygen atoms in total. The first-order chi connectivity index (χ1) is 5.36. The molecule has 66 valence electrons. The monoisotopic (exact) mass is 174 g/mol. The highest BCUT2D eigenvalue weighted by atomic mass is 32.2. The fraction of sp³-hybridized carbons (Fsp3) is 1.00. The maximum Gasteiger partial charge on any atom is 0.0309 e. The first-order valence-corrected chi connectivity index (χ1v) is 5.50. The third-order valence-electron chi connectivity index (χ3n) is 2.64. The van der Waals surface area contributed by atoms with Crippen LogP contribution in [0, 0.1) is 5.92 Å². The highest BCUT2D eigenvalue weighted by Gasteiger charge is 2.20. The molecule has 0 aliphatic heterocycles. The highest BCUT2D eigenvalue weighted by molar-refractivity contribution is 7.94. The zero-order valence-corrected chi connectivity index (χ0v) is 8.07. The van der Waals surface area contributed by atoms with Gasteiger partial charge in [-0.1, -0.05) is 19.8 Å². The van der Waals surface area contributed by atoms with Gasteiger partial charge in [0.2, 0.25) is 0 Å². The van der Waals surface area contributed by atoms with Crippen LogP contribution in [0.25, 0.3) is 0 Å². The predicted octanol–water partition coefficient (Wildman–Crippen LogP) is 3.55. The molecule has 1 aliphatic carbocycles. The Hall–Kier alpha value is 0.310. The quantitative estimate of drug-likeness (QED) is 0.660. The molecule has 1 N–H and O–H groups in total. The summed E-state index contributed by atoms with van der Waals surface area (Å²) in [6.45, 7) is 2.26. The Kier molecular flexibility index (Phi) is 4.31. The Balaban J connectivity index is 2.14. The van der Waals surface area contributed by atoms with Crippen molar-refractivity contribution in [2.75, 3.05) is 0 Å². The lowest BCUT2D eigenvalue weighted by molar-refractivity contribution is 0.339. The lowest BCUT2D eigenvalue weighted by atomic mass is 9.86. The zero-order chi connectivity index (χ0) is 8.10. The van der Waals surface area contributed by atoms with Crippen LogP contribution < -0.4 is 0 Å². The standard InChI is InChI=1S/C9H18OS/c1-2-3-8-4-6-9(11-10)7-5-8/h8-10H,2-7H2,1H3. The van der Waals surface area contributed by atoms with Crippen LogP contribution in [-0.2, 0) is 0 Å². The molecule has 0 unspecified atom stereocenters. The fourth-order valence-electron chi connectivity index (χ4n) is 1.93. The van der Waals surface area contributed by atoms with Crippen molar-refractivity contribution in [3.63, 3.8) is 0 Å². The van der Waals surface area contributed by atoms with E-state index >= 15 is 0 Å². The van der Waals surface area contributed by atoms with Gasteiger partial charge in [-0.05, 0) is 43.6 Å². The Morgan fingerprint density at radius 2 is 1.91 bits per heavy atom. The van der Waals surface area contributed by atoms with E-state index in [0.717, 1.165) is 18.0 Å². The van der Waals surface area contributed by atoms with Gasteiger partial charge < -0.3 is 4.55 Å². The molecule has 0 spiro atoms. The summed E-state index contributed by atoms with van der Waals surface area (Å²) in [5, 5.41) is 0.545. The molecule has 1 saturated carbocycles. The Bertz CT molecular complexity index is 97.7. The van der Waals surface area contributed by atoms with Crippen molar-refractivity contribution in [3.05, 3.63) is 0 Å². The molecular formula is C9H18OS. The van der Waals surface area contributed by atoms with Gasteiger partial charge in [-0.3, -0.25) is 0 Å². The van der Waals surface area contributed by atoms with E-state index in [1.54, 1.807) is 0 Å². The van der Waals surface area contributed by atoms with Crippen molar-refractivity contribution in [1.82, 2.24) is 0 Å². The van der Waals surface area contributed by atoms with Gasteiger partial charge in [-0.25, -0.2) is 0 Å². The van der Waals surface area contributed by atoms with Gasteiger partial charge in [0, 0.05) is 5.25 Å². The minimum atomic E-state index is 0.545. The first kappa shape index (κ1) is 9.40. The average molecular weight is 174 g/mol. The molecule has 0 amide bonds. The van der Waals surface area contributed by atoms with Gasteiger partial charge in [0.1, 0.15) is 0 Å². The molecule has 0 radical (unpaired) electrons. The largest absolute Gasteiger partial charge is 0.330 e. The van der Waals surface area contributed by atoms with Gasteiger partial charge >= 0.3 is 0 Å². The van der Waals surface area contributed by atoms with E-state index in [0.29, 0.717) is 5.25 Å². The Morgan fingerprint density at radius 3 is 2.36 bits per heavy atom. The van der Waals surface area contributed by atoms with Crippen LogP contribution in [0.4, 0.5) is 0 Å². The zero-order valence-electron chi connectivity index (χ0n) is 7.25. The van der Waals surface area contributed by atoms with Crippen molar-refractivity contribution in [2.45, 2.75) is 50.7 Å². The van der Waals surface area contributed by atoms with E-state index in [2.05, 4.69) is 6.92 Å². The second kappa shape index (κ2) is 5.04. The van der Waals surface area contributed by atoms with Crippen LogP contribution in [0.5, 0.6) is 0 Å². The molecule has 1 aliphatic rings. The molecule has 0 aromatic carbocycles. The summed E-state index contributed by atoms with van der Waals surface area (Å²) in [5.41, 5.74) is 0. The summed E-state index contributed by atoms with van der Waals surface area (Å²) >= 11 is 1.07. The molecule has 0 aromatic heterocycles. The van der Waals surface area contributed by atoms with Gasteiger partial charge in [0.05, 0.1) is 0 Å². The Labute approximate surface area is 73.8 Å². The van der Waals surface area contributed by atoms with Gasteiger partial charge in [0.15, 0.2) is 0 Å². The summed E-state index contributed by atoms with van der Waals surface area (Å²) in [6.07, 6.45) is 7.85. The lowest BCUT2D eigenvalue weighted by Crippen LogP contribution is -2.15. The van der Waals surface area contributed by atoms with Gasteiger partial charge in [-0.15, -0.1) is 0 Å². The SMILES string of the molecule is CCCC1CCC(SO)CC1. The number of hydrogen-bond acceptors (Lipinski definition) is 2. The van der Waals surface area contributed by atoms with Crippen LogP contribution in [0.1, 0.15) is 45.4 Å². The van der Waals surface area contributed by atoms with Gasteiger partial charge in [-0.2, -0.15) is 0 Å². The minimum Gasteiger partial charge on any atom is -0.330 e. The van der Waals surface area contributed by atoms with Crippen molar-refractivity contribution in [3.8, 4) is 0 Å². The van der Waals surface area contributed by atoms with E-state index in [1.165, 1.54) is 38.5 Å². The molecule has 0 aromatic rings. The molecule has 1 fully saturated rings. The predicted molar refractivity (Wildman–Crippen MR) is 50.9 cm³/mol. The van der Waals surface area contributed by atoms with E-state index in [-0.39, 0.29) is 0 Å². The molecule has 2 heteroatoms. The maximum absolute atomic E-state index is 8.82. The van der Waals surface area contributed by atoms with Crippen LogP contribution in [0.3, 0.4) is 0 Å². The Morgan fingerprint density at radius 1 is 1.27 bits per heavy atom. The van der Waals surface area contributed by atoms with Crippen LogP contribution in [0.15, 0.2) is 0 Å². The summed E-state index contributed by atoms with van der Waals surface area (Å²) in [6, 6.07) is 0. The van der Waals surface area contributed by atoms with E-state index < -0.39 is 0 Å². The number of hydrogen-bond donors (Lipinski definition) is 1. The first-order valence-electron chi connectivity index (χ1n) is 4.67. The molecule has 0 saturated heterocycles. The van der Waals surface area contributed by atoms with E-state index in [1.807, 2.05) is 0 Å². The molecular weight excluding hydrogens is 156 g/mol. The van der Waals surface area contributed by atoms with Crippen LogP contribution in [0.2, 0.25) is 0 Å². The normalized spacial score (nSPS) is 32.2. The van der Waals surface area contributed by atoms with Crippen molar-refractivity contribution >= 4 is 12.0 Å². The van der Waals surface area contributed by atoms with E-state index in [4.69, 9.17) is 4.55 Å². The van der Waals surface area contributed by atoms with Crippen molar-refractivity contribution in [1.29, 1.82) is 0 Å². The average Bonchev–Trinajstić information content (AvgIpc) is 2.07.